The van der Waals surface area contributed by atoms with Crippen molar-refractivity contribution in [3.63, 3.8) is 0 Å². The van der Waals surface area contributed by atoms with E-state index in [-0.39, 0.29) is 0 Å². The van der Waals surface area contributed by atoms with Crippen LogP contribution in [0.5, 0.6) is 5.75 Å². The lowest BCUT2D eigenvalue weighted by Crippen LogP contribution is -2.27. The van der Waals surface area contributed by atoms with Crippen molar-refractivity contribution in [2.24, 2.45) is 11.8 Å². The molecule has 2 rings (SSSR count). The van der Waals surface area contributed by atoms with Crippen molar-refractivity contribution >= 4 is 5.69 Å². The summed E-state index contributed by atoms with van der Waals surface area (Å²) >= 11 is 0. The molecule has 112 valence electrons. The molecule has 1 aliphatic carbocycles. The molecule has 1 saturated carbocycles. The summed E-state index contributed by atoms with van der Waals surface area (Å²) in [7, 11) is 0. The van der Waals surface area contributed by atoms with Gasteiger partial charge in [-0.25, -0.2) is 0 Å². The summed E-state index contributed by atoms with van der Waals surface area (Å²) in [5, 5.41) is 3.66. The first-order valence-corrected chi connectivity index (χ1v) is 8.14. The topological polar surface area (TPSA) is 21.3 Å². The molecule has 1 unspecified atom stereocenters. The fraction of sp³-hybridized carbons (Fsp3) is 0.667. The van der Waals surface area contributed by atoms with Crippen LogP contribution in [0.3, 0.4) is 0 Å². The van der Waals surface area contributed by atoms with Crippen LogP contribution in [0.4, 0.5) is 5.69 Å². The van der Waals surface area contributed by atoms with Gasteiger partial charge in [-0.1, -0.05) is 39.2 Å². The quantitative estimate of drug-likeness (QED) is 0.779. The van der Waals surface area contributed by atoms with Crippen molar-refractivity contribution in [3.05, 3.63) is 24.3 Å². The van der Waals surface area contributed by atoms with E-state index >= 15 is 0 Å². The predicted molar refractivity (Wildman–Crippen MR) is 86.4 cm³/mol. The summed E-state index contributed by atoms with van der Waals surface area (Å²) < 4.78 is 5.80. The minimum Gasteiger partial charge on any atom is -0.493 e. The van der Waals surface area contributed by atoms with Crippen LogP contribution in [-0.4, -0.2) is 12.6 Å². The number of nitrogens with one attached hydrogen (secondary N) is 1. The molecule has 1 aromatic carbocycles. The highest BCUT2D eigenvalue weighted by molar-refractivity contribution is 5.48. The molecule has 1 fully saturated rings. The Morgan fingerprint density at radius 1 is 1.15 bits per heavy atom. The Labute approximate surface area is 123 Å². The number of anilines is 1. The smallest absolute Gasteiger partial charge is 0.121 e. The number of hydrogen-bond donors (Lipinski definition) is 1. The van der Waals surface area contributed by atoms with E-state index in [1.807, 2.05) is 6.07 Å². The molecule has 1 aliphatic rings. The lowest BCUT2D eigenvalue weighted by Gasteiger charge is -2.29. The van der Waals surface area contributed by atoms with Gasteiger partial charge in [0, 0.05) is 17.8 Å². The van der Waals surface area contributed by atoms with Gasteiger partial charge in [0.25, 0.3) is 0 Å². The van der Waals surface area contributed by atoms with Gasteiger partial charge in [-0.3, -0.25) is 0 Å². The summed E-state index contributed by atoms with van der Waals surface area (Å²) in [6.45, 7) is 7.44. The Bertz CT molecular complexity index is 396. The molecule has 0 radical (unpaired) electrons. The molecule has 0 heterocycles. The largest absolute Gasteiger partial charge is 0.493 e. The Hall–Kier alpha value is -1.18. The zero-order valence-corrected chi connectivity index (χ0v) is 13.2. The van der Waals surface area contributed by atoms with E-state index in [1.165, 1.54) is 37.8 Å². The third kappa shape index (κ3) is 4.73. The molecule has 1 aromatic rings. The maximum absolute atomic E-state index is 5.80. The maximum Gasteiger partial charge on any atom is 0.121 e. The number of hydrogen-bond acceptors (Lipinski definition) is 2. The van der Waals surface area contributed by atoms with Gasteiger partial charge in [-0.15, -0.1) is 0 Å². The Morgan fingerprint density at radius 3 is 2.60 bits per heavy atom. The maximum atomic E-state index is 5.80. The lowest BCUT2D eigenvalue weighted by molar-refractivity contribution is 0.271. The molecular formula is C18H29NO. The second-order valence-electron chi connectivity index (χ2n) is 6.56. The highest BCUT2D eigenvalue weighted by Gasteiger charge is 2.19. The minimum atomic E-state index is 0.552. The van der Waals surface area contributed by atoms with E-state index < -0.39 is 0 Å². The molecular weight excluding hydrogens is 246 g/mol. The molecule has 1 N–H and O–H groups in total. The van der Waals surface area contributed by atoms with Crippen LogP contribution in [0, 0.1) is 11.8 Å². The van der Waals surface area contributed by atoms with E-state index in [1.54, 1.807) is 0 Å². The number of rotatable bonds is 6. The molecule has 0 aliphatic heterocycles. The van der Waals surface area contributed by atoms with Crippen molar-refractivity contribution in [2.75, 3.05) is 11.9 Å². The second kappa shape index (κ2) is 7.56. The Morgan fingerprint density at radius 2 is 1.90 bits per heavy atom. The minimum absolute atomic E-state index is 0.552. The van der Waals surface area contributed by atoms with Crippen LogP contribution >= 0.6 is 0 Å². The van der Waals surface area contributed by atoms with Gasteiger partial charge >= 0.3 is 0 Å². The standard InChI is InChI=1S/C18H29NO/c1-14(2)13-20-18-11-7-10-17(12-18)19-15(3)16-8-5-4-6-9-16/h7,10-12,14-16,19H,4-6,8-9,13H2,1-3H3. The van der Waals surface area contributed by atoms with E-state index in [2.05, 4.69) is 44.3 Å². The molecule has 0 amide bonds. The lowest BCUT2D eigenvalue weighted by atomic mass is 9.84. The van der Waals surface area contributed by atoms with Crippen LogP contribution in [-0.2, 0) is 0 Å². The number of ether oxygens (including phenoxy) is 1. The normalized spacial score (nSPS) is 18.0. The number of benzene rings is 1. The van der Waals surface area contributed by atoms with Gasteiger partial charge in [0.05, 0.1) is 6.61 Å². The van der Waals surface area contributed by atoms with Crippen molar-refractivity contribution in [2.45, 2.75) is 58.9 Å². The highest BCUT2D eigenvalue weighted by atomic mass is 16.5. The van der Waals surface area contributed by atoms with Gasteiger partial charge in [-0.05, 0) is 43.7 Å². The molecule has 0 bridgehead atoms. The Balaban J connectivity index is 1.89. The van der Waals surface area contributed by atoms with Gasteiger partial charge < -0.3 is 10.1 Å². The van der Waals surface area contributed by atoms with E-state index in [9.17, 15) is 0 Å². The molecule has 2 heteroatoms. The van der Waals surface area contributed by atoms with Gasteiger partial charge in [-0.2, -0.15) is 0 Å². The molecule has 1 atom stereocenters. The van der Waals surface area contributed by atoms with E-state index in [0.717, 1.165) is 18.3 Å². The highest BCUT2D eigenvalue weighted by Crippen LogP contribution is 2.28. The first kappa shape index (κ1) is 15.2. The summed E-state index contributed by atoms with van der Waals surface area (Å²) in [5.41, 5.74) is 1.18. The fourth-order valence-electron chi connectivity index (χ4n) is 2.95. The van der Waals surface area contributed by atoms with Gasteiger partial charge in [0.1, 0.15) is 5.75 Å². The molecule has 2 nitrogen and oxygen atoms in total. The first-order chi connectivity index (χ1) is 9.65. The first-order valence-electron chi connectivity index (χ1n) is 8.14. The summed E-state index contributed by atoms with van der Waals surface area (Å²) in [6.07, 6.45) is 6.96. The summed E-state index contributed by atoms with van der Waals surface area (Å²) in [4.78, 5) is 0. The molecule has 20 heavy (non-hydrogen) atoms. The average Bonchev–Trinajstić information content (AvgIpc) is 2.46. The summed E-state index contributed by atoms with van der Waals surface area (Å²) in [6, 6.07) is 8.93. The van der Waals surface area contributed by atoms with Gasteiger partial charge in [0.2, 0.25) is 0 Å². The van der Waals surface area contributed by atoms with Crippen LogP contribution < -0.4 is 10.1 Å². The predicted octanol–water partition coefficient (Wildman–Crippen LogP) is 5.10. The third-order valence-corrected chi connectivity index (χ3v) is 4.17. The van der Waals surface area contributed by atoms with Crippen molar-refractivity contribution < 1.29 is 4.74 Å². The SMILES string of the molecule is CC(C)COc1cccc(NC(C)C2CCCCC2)c1. The van der Waals surface area contributed by atoms with Crippen molar-refractivity contribution in [1.82, 2.24) is 0 Å². The van der Waals surface area contributed by atoms with Crippen molar-refractivity contribution in [1.29, 1.82) is 0 Å². The van der Waals surface area contributed by atoms with Gasteiger partial charge in [0.15, 0.2) is 0 Å². The molecule has 0 saturated heterocycles. The monoisotopic (exact) mass is 275 g/mol. The van der Waals surface area contributed by atoms with Crippen LogP contribution in [0.15, 0.2) is 24.3 Å². The van der Waals surface area contributed by atoms with Crippen molar-refractivity contribution in [3.8, 4) is 5.75 Å². The Kier molecular flexibility index (Phi) is 5.75. The molecule has 0 aromatic heterocycles. The van der Waals surface area contributed by atoms with E-state index in [4.69, 9.17) is 4.74 Å². The van der Waals surface area contributed by atoms with Crippen LogP contribution in [0.1, 0.15) is 52.9 Å². The average molecular weight is 275 g/mol. The zero-order chi connectivity index (χ0) is 14.4. The van der Waals surface area contributed by atoms with Crippen LogP contribution in [0.25, 0.3) is 0 Å². The van der Waals surface area contributed by atoms with E-state index in [0.29, 0.717) is 12.0 Å². The second-order valence-corrected chi connectivity index (χ2v) is 6.56. The summed E-state index contributed by atoms with van der Waals surface area (Å²) in [5.74, 6) is 2.36. The molecule has 0 spiro atoms. The fourth-order valence-corrected chi connectivity index (χ4v) is 2.95. The van der Waals surface area contributed by atoms with Crippen LogP contribution in [0.2, 0.25) is 0 Å². The zero-order valence-electron chi connectivity index (χ0n) is 13.2. The third-order valence-electron chi connectivity index (χ3n) is 4.17.